The monoisotopic (exact) mass is 257 g/mol. The lowest BCUT2D eigenvalue weighted by Gasteiger charge is -2.18. The Balaban J connectivity index is 2.33. The van der Waals surface area contributed by atoms with Crippen molar-refractivity contribution in [2.24, 2.45) is 0 Å². The molecule has 0 aromatic heterocycles. The normalized spacial score (nSPS) is 13.3. The molecule has 0 bridgehead atoms. The largest absolute Gasteiger partial charge is 0.507 e. The molecule has 2 rings (SSSR count). The summed E-state index contributed by atoms with van der Waals surface area (Å²) in [6.45, 7) is 2.43. The van der Waals surface area contributed by atoms with Crippen molar-refractivity contribution in [2.75, 3.05) is 7.05 Å². The third kappa shape index (κ3) is 3.58. The predicted octanol–water partition coefficient (Wildman–Crippen LogP) is 3.64. The highest BCUT2D eigenvalue weighted by Crippen LogP contribution is 2.25. The van der Waals surface area contributed by atoms with Crippen molar-refractivity contribution in [1.82, 2.24) is 4.90 Å². The Morgan fingerprint density at radius 2 is 1.84 bits per heavy atom. The lowest BCUT2D eigenvalue weighted by atomic mass is 10.1. The van der Waals surface area contributed by atoms with Crippen LogP contribution in [0.15, 0.2) is 42.5 Å². The second-order valence-electron chi connectivity index (χ2n) is 4.93. The zero-order valence-electron chi connectivity index (χ0n) is 13.6. The highest BCUT2D eigenvalue weighted by atomic mass is 16.3. The van der Waals surface area contributed by atoms with E-state index in [1.165, 1.54) is 0 Å². The van der Waals surface area contributed by atoms with Crippen LogP contribution in [0.2, 0.25) is 0 Å². The second-order valence-corrected chi connectivity index (χ2v) is 4.93. The summed E-state index contributed by atoms with van der Waals surface area (Å²) in [5, 5.41) is 10.2. The molecule has 0 aliphatic rings. The van der Waals surface area contributed by atoms with Gasteiger partial charge in [-0.15, -0.1) is 0 Å². The van der Waals surface area contributed by atoms with Gasteiger partial charge in [0.2, 0.25) is 0 Å². The van der Waals surface area contributed by atoms with Crippen LogP contribution in [0.4, 0.5) is 0 Å². The molecule has 0 unspecified atom stereocenters. The van der Waals surface area contributed by atoms with Crippen LogP contribution in [0.25, 0.3) is 0 Å². The van der Waals surface area contributed by atoms with E-state index in [1.807, 2.05) is 43.3 Å². The van der Waals surface area contributed by atoms with E-state index in [4.69, 9.17) is 2.74 Å². The van der Waals surface area contributed by atoms with Gasteiger partial charge in [0.25, 0.3) is 0 Å². The molecular formula is C17H21NO. The van der Waals surface area contributed by atoms with Crippen molar-refractivity contribution in [3.05, 3.63) is 64.7 Å². The second kappa shape index (κ2) is 5.89. The van der Waals surface area contributed by atoms with Gasteiger partial charge in [-0.3, -0.25) is 4.90 Å². The third-order valence-corrected chi connectivity index (χ3v) is 3.02. The summed E-state index contributed by atoms with van der Waals surface area (Å²) < 4.78 is 16.8. The van der Waals surface area contributed by atoms with E-state index < -0.39 is 6.50 Å². The van der Waals surface area contributed by atoms with Crippen LogP contribution >= 0.6 is 0 Å². The number of aromatic hydroxyl groups is 1. The molecule has 0 amide bonds. The quantitative estimate of drug-likeness (QED) is 0.904. The number of hydrogen-bond acceptors (Lipinski definition) is 2. The minimum atomic E-state index is -1.74. The summed E-state index contributed by atoms with van der Waals surface area (Å²) in [7, 11) is 1.73. The molecule has 0 aliphatic heterocycles. The average molecular weight is 257 g/mol. The number of rotatable bonds is 4. The lowest BCUT2D eigenvalue weighted by molar-refractivity contribution is 0.312. The van der Waals surface area contributed by atoms with Crippen LogP contribution in [0, 0.1) is 13.8 Å². The average Bonchev–Trinajstić information content (AvgIpc) is 2.43. The lowest BCUT2D eigenvalue weighted by Crippen LogP contribution is -2.17. The number of phenolic OH excluding ortho intramolecular Hbond substituents is 1. The van der Waals surface area contributed by atoms with Crippen molar-refractivity contribution in [2.45, 2.75) is 26.9 Å². The number of benzene rings is 2. The summed E-state index contributed by atoms with van der Waals surface area (Å²) >= 11 is 0. The fraction of sp³-hybridized carbons (Fsp3) is 0.294. The maximum atomic E-state index is 10.2. The van der Waals surface area contributed by atoms with Crippen molar-refractivity contribution in [1.29, 1.82) is 0 Å². The van der Waals surface area contributed by atoms with E-state index in [2.05, 4.69) is 0 Å². The summed E-state index contributed by atoms with van der Waals surface area (Å²) in [6, 6.07) is 13.3. The van der Waals surface area contributed by atoms with Crippen molar-refractivity contribution >= 4 is 0 Å². The van der Waals surface area contributed by atoms with Crippen LogP contribution in [0.5, 0.6) is 5.75 Å². The number of nitrogens with zero attached hydrogens (tertiary/aromatic N) is 1. The van der Waals surface area contributed by atoms with Gasteiger partial charge < -0.3 is 5.11 Å². The first-order valence-corrected chi connectivity index (χ1v) is 6.38. The minimum absolute atomic E-state index is 0.0329. The van der Waals surface area contributed by atoms with Gasteiger partial charge in [-0.2, -0.15) is 0 Å². The van der Waals surface area contributed by atoms with Gasteiger partial charge >= 0.3 is 0 Å². The first kappa shape index (κ1) is 11.1. The van der Waals surface area contributed by atoms with Crippen LogP contribution in [-0.2, 0) is 13.0 Å². The molecule has 100 valence electrons. The third-order valence-electron chi connectivity index (χ3n) is 3.02. The van der Waals surface area contributed by atoms with Crippen molar-refractivity contribution in [3.63, 3.8) is 0 Å². The molecule has 0 aliphatic carbocycles. The molecule has 2 heteroatoms. The Hall–Kier alpha value is -1.80. The van der Waals surface area contributed by atoms with Gasteiger partial charge in [-0.05, 0) is 32.0 Å². The zero-order chi connectivity index (χ0) is 15.6. The highest BCUT2D eigenvalue weighted by molar-refractivity contribution is 5.42. The van der Waals surface area contributed by atoms with E-state index in [-0.39, 0.29) is 5.75 Å². The molecular weight excluding hydrogens is 234 g/mol. The minimum Gasteiger partial charge on any atom is -0.507 e. The van der Waals surface area contributed by atoms with E-state index in [0.717, 1.165) is 11.1 Å². The maximum absolute atomic E-state index is 10.2. The Kier molecular flexibility index (Phi) is 3.43. The van der Waals surface area contributed by atoms with Crippen molar-refractivity contribution < 1.29 is 7.85 Å². The highest BCUT2D eigenvalue weighted by Gasteiger charge is 2.08. The molecule has 19 heavy (non-hydrogen) atoms. The maximum Gasteiger partial charge on any atom is 0.122 e. The number of phenols is 1. The Morgan fingerprint density at radius 3 is 2.53 bits per heavy atom. The van der Waals surface area contributed by atoms with Gasteiger partial charge in [-0.1, -0.05) is 48.0 Å². The van der Waals surface area contributed by atoms with E-state index >= 15 is 0 Å². The standard InChI is InChI=1S/C17H21NO/c1-13-9-14(2)17(19)16(10-13)12-18(3)11-15-7-5-4-6-8-15/h4-10,19H,11-12H2,1-3H3/i12D2. The summed E-state index contributed by atoms with van der Waals surface area (Å²) in [5.74, 6) is 0.0329. The zero-order valence-corrected chi connectivity index (χ0v) is 11.6. The SMILES string of the molecule is [2H]C([2H])(c1cc(C)cc(C)c1O)N(C)Cc1ccccc1. The molecule has 0 spiro atoms. The molecule has 0 fully saturated rings. The van der Waals surface area contributed by atoms with E-state index in [1.54, 1.807) is 24.9 Å². The molecule has 0 saturated heterocycles. The van der Waals surface area contributed by atoms with Crippen LogP contribution in [-0.4, -0.2) is 17.1 Å². The van der Waals surface area contributed by atoms with Gasteiger partial charge in [-0.25, -0.2) is 0 Å². The Morgan fingerprint density at radius 1 is 1.16 bits per heavy atom. The summed E-state index contributed by atoms with van der Waals surface area (Å²) in [6.07, 6.45) is 0. The van der Waals surface area contributed by atoms with Gasteiger partial charge in [0.05, 0.1) is 0 Å². The summed E-state index contributed by atoms with van der Waals surface area (Å²) in [5.41, 5.74) is 2.99. The first-order valence-electron chi connectivity index (χ1n) is 7.38. The van der Waals surface area contributed by atoms with E-state index in [9.17, 15) is 5.11 Å². The molecule has 2 aromatic carbocycles. The molecule has 2 aromatic rings. The fourth-order valence-electron chi connectivity index (χ4n) is 2.15. The van der Waals surface area contributed by atoms with Crippen LogP contribution < -0.4 is 0 Å². The first-order chi connectivity index (χ1) is 9.82. The molecule has 1 N–H and O–H groups in total. The molecule has 0 saturated carbocycles. The molecule has 0 heterocycles. The molecule has 2 nitrogen and oxygen atoms in total. The smallest absolute Gasteiger partial charge is 0.122 e. The molecule has 0 radical (unpaired) electrons. The number of aryl methyl sites for hydroxylation is 2. The van der Waals surface area contributed by atoms with E-state index in [0.29, 0.717) is 17.7 Å². The van der Waals surface area contributed by atoms with Crippen molar-refractivity contribution in [3.8, 4) is 5.75 Å². The number of hydrogen-bond donors (Lipinski definition) is 1. The van der Waals surface area contributed by atoms with Gasteiger partial charge in [0, 0.05) is 21.3 Å². The van der Waals surface area contributed by atoms with Gasteiger partial charge in [0.15, 0.2) is 0 Å². The predicted molar refractivity (Wildman–Crippen MR) is 79.2 cm³/mol. The Labute approximate surface area is 118 Å². The summed E-state index contributed by atoms with van der Waals surface area (Å²) in [4.78, 5) is 1.61. The fourth-order valence-corrected chi connectivity index (χ4v) is 2.15. The molecule has 0 atom stereocenters. The van der Waals surface area contributed by atoms with Gasteiger partial charge in [0.1, 0.15) is 5.75 Å². The Bertz CT molecular complexity index is 626. The topological polar surface area (TPSA) is 23.5 Å². The van der Waals surface area contributed by atoms with Crippen LogP contribution in [0.1, 0.15) is 25.0 Å². The van der Waals surface area contributed by atoms with Crippen LogP contribution in [0.3, 0.4) is 0 Å².